The van der Waals surface area contributed by atoms with E-state index in [1.54, 1.807) is 7.11 Å². The summed E-state index contributed by atoms with van der Waals surface area (Å²) in [4.78, 5) is 12.5. The number of amides is 1. The number of ether oxygens (including phenoxy) is 1. The lowest BCUT2D eigenvalue weighted by Crippen LogP contribution is -2.50. The first-order chi connectivity index (χ1) is 8.87. The van der Waals surface area contributed by atoms with E-state index in [9.17, 15) is 4.79 Å². The predicted molar refractivity (Wildman–Crippen MR) is 80.1 cm³/mol. The summed E-state index contributed by atoms with van der Waals surface area (Å²) in [6.45, 7) is 4.18. The molecule has 0 bridgehead atoms. The molecule has 1 aromatic carbocycles. The van der Waals surface area contributed by atoms with Gasteiger partial charge in [0, 0.05) is 7.11 Å². The Morgan fingerprint density at radius 3 is 2.47 bits per heavy atom. The van der Waals surface area contributed by atoms with Crippen molar-refractivity contribution in [2.45, 2.75) is 25.3 Å². The largest absolute Gasteiger partial charge is 0.392 e. The summed E-state index contributed by atoms with van der Waals surface area (Å²) >= 11 is 5.01. The minimum Gasteiger partial charge on any atom is -0.392 e. The topological polar surface area (TPSA) is 64.3 Å². The fraction of sp³-hybridized carbons (Fsp3) is 0.429. The Kier molecular flexibility index (Phi) is 5.44. The smallest absolute Gasteiger partial charge is 0.234 e. The van der Waals surface area contributed by atoms with Crippen LogP contribution in [-0.4, -0.2) is 30.2 Å². The Morgan fingerprint density at radius 2 is 2.00 bits per heavy atom. The molecule has 0 saturated heterocycles. The number of carbonyl (C=O) groups excluding carboxylic acids is 1. The van der Waals surface area contributed by atoms with Crippen LogP contribution in [-0.2, 0) is 9.53 Å². The van der Waals surface area contributed by atoms with Crippen molar-refractivity contribution in [2.24, 2.45) is 5.73 Å². The van der Waals surface area contributed by atoms with Crippen molar-refractivity contribution in [1.29, 1.82) is 0 Å². The normalized spacial score (nSPS) is 12.8. The van der Waals surface area contributed by atoms with E-state index < -0.39 is 11.5 Å². The number of nitrogens with one attached hydrogen (secondary N) is 1. The summed E-state index contributed by atoms with van der Waals surface area (Å²) in [7, 11) is 1.59. The third-order valence-corrected chi connectivity index (χ3v) is 2.88. The molecule has 0 spiro atoms. The predicted octanol–water partition coefficient (Wildman–Crippen LogP) is 1.60. The third-order valence-electron chi connectivity index (χ3n) is 2.65. The van der Waals surface area contributed by atoms with Crippen LogP contribution in [0.1, 0.15) is 25.3 Å². The molecule has 0 aliphatic carbocycles. The van der Waals surface area contributed by atoms with Gasteiger partial charge in [-0.1, -0.05) is 42.5 Å². The Hall–Kier alpha value is -1.46. The maximum Gasteiger partial charge on any atom is 0.234 e. The van der Waals surface area contributed by atoms with E-state index in [0.29, 0.717) is 6.61 Å². The molecule has 1 atom stereocenters. The van der Waals surface area contributed by atoms with Crippen molar-refractivity contribution in [2.75, 3.05) is 13.7 Å². The lowest BCUT2D eigenvalue weighted by Gasteiger charge is -2.28. The van der Waals surface area contributed by atoms with Gasteiger partial charge in [0.2, 0.25) is 5.91 Å². The van der Waals surface area contributed by atoms with Crippen LogP contribution in [0.15, 0.2) is 30.3 Å². The molecule has 0 heterocycles. The summed E-state index contributed by atoms with van der Waals surface area (Å²) in [5.74, 6) is -0.826. The highest BCUT2D eigenvalue weighted by atomic mass is 32.1. The highest BCUT2D eigenvalue weighted by molar-refractivity contribution is 7.80. The average molecular weight is 280 g/mol. The molecule has 0 aromatic heterocycles. The van der Waals surface area contributed by atoms with Crippen molar-refractivity contribution in [1.82, 2.24) is 5.32 Å². The van der Waals surface area contributed by atoms with Crippen LogP contribution in [0.2, 0.25) is 0 Å². The molecule has 1 aromatic rings. The first-order valence-electron chi connectivity index (χ1n) is 6.02. The summed E-state index contributed by atoms with van der Waals surface area (Å²) in [5, 5.41) is 2.91. The second-order valence-electron chi connectivity index (χ2n) is 5.05. The third kappa shape index (κ3) is 4.61. The van der Waals surface area contributed by atoms with E-state index in [1.165, 1.54) is 0 Å². The molecule has 1 unspecified atom stereocenters. The molecule has 4 nitrogen and oxygen atoms in total. The highest BCUT2D eigenvalue weighted by Crippen LogP contribution is 2.17. The van der Waals surface area contributed by atoms with Crippen LogP contribution in [0, 0.1) is 0 Å². The Labute approximate surface area is 119 Å². The molecule has 5 heteroatoms. The van der Waals surface area contributed by atoms with Crippen molar-refractivity contribution in [3.63, 3.8) is 0 Å². The first kappa shape index (κ1) is 15.6. The molecule has 19 heavy (non-hydrogen) atoms. The summed E-state index contributed by atoms with van der Waals surface area (Å²) in [6.07, 6.45) is 0. The average Bonchev–Trinajstić information content (AvgIpc) is 2.28. The SMILES string of the molecule is COCC(C)(C)NC(=O)C(C(N)=S)c1ccccc1. The van der Waals surface area contributed by atoms with Crippen molar-refractivity contribution >= 4 is 23.1 Å². The van der Waals surface area contributed by atoms with Gasteiger partial charge in [-0.3, -0.25) is 4.79 Å². The molecule has 0 fully saturated rings. The van der Waals surface area contributed by atoms with Gasteiger partial charge in [-0.15, -0.1) is 0 Å². The highest BCUT2D eigenvalue weighted by Gasteiger charge is 2.28. The van der Waals surface area contributed by atoms with E-state index in [-0.39, 0.29) is 10.9 Å². The van der Waals surface area contributed by atoms with Gasteiger partial charge in [0.15, 0.2) is 0 Å². The minimum atomic E-state index is -0.618. The number of thiocarbonyl (C=S) groups is 1. The number of hydrogen-bond acceptors (Lipinski definition) is 3. The molecule has 0 aliphatic heterocycles. The van der Waals surface area contributed by atoms with Gasteiger partial charge < -0.3 is 15.8 Å². The zero-order valence-electron chi connectivity index (χ0n) is 11.5. The molecular weight excluding hydrogens is 260 g/mol. The van der Waals surface area contributed by atoms with Crippen LogP contribution in [0.25, 0.3) is 0 Å². The van der Waals surface area contributed by atoms with Crippen molar-refractivity contribution in [3.05, 3.63) is 35.9 Å². The van der Waals surface area contributed by atoms with E-state index in [0.717, 1.165) is 5.56 Å². The van der Waals surface area contributed by atoms with Crippen LogP contribution < -0.4 is 11.1 Å². The minimum absolute atomic E-state index is 0.164. The Morgan fingerprint density at radius 1 is 1.42 bits per heavy atom. The van der Waals surface area contributed by atoms with Gasteiger partial charge in [-0.25, -0.2) is 0 Å². The van der Waals surface area contributed by atoms with Crippen molar-refractivity contribution in [3.8, 4) is 0 Å². The first-order valence-corrected chi connectivity index (χ1v) is 6.43. The maximum atomic E-state index is 12.3. The quantitative estimate of drug-likeness (QED) is 0.777. The van der Waals surface area contributed by atoms with Gasteiger partial charge in [0.1, 0.15) is 5.92 Å². The van der Waals surface area contributed by atoms with Gasteiger partial charge in [-0.05, 0) is 19.4 Å². The number of benzene rings is 1. The lowest BCUT2D eigenvalue weighted by molar-refractivity contribution is -0.123. The van der Waals surface area contributed by atoms with Gasteiger partial charge in [0.05, 0.1) is 17.1 Å². The number of nitrogens with two attached hydrogens (primary N) is 1. The number of rotatable bonds is 6. The second-order valence-corrected chi connectivity index (χ2v) is 5.52. The van der Waals surface area contributed by atoms with Crippen LogP contribution in [0.4, 0.5) is 0 Å². The van der Waals surface area contributed by atoms with Crippen LogP contribution in [0.3, 0.4) is 0 Å². The number of hydrogen-bond donors (Lipinski definition) is 2. The summed E-state index contributed by atoms with van der Waals surface area (Å²) < 4.78 is 5.07. The molecular formula is C14H20N2O2S. The molecule has 1 amide bonds. The number of methoxy groups -OCH3 is 1. The molecule has 0 saturated carbocycles. The van der Waals surface area contributed by atoms with Crippen LogP contribution in [0.5, 0.6) is 0 Å². The Balaban J connectivity index is 2.90. The van der Waals surface area contributed by atoms with Gasteiger partial charge >= 0.3 is 0 Å². The van der Waals surface area contributed by atoms with E-state index in [1.807, 2.05) is 44.2 Å². The van der Waals surface area contributed by atoms with Crippen molar-refractivity contribution < 1.29 is 9.53 Å². The molecule has 3 N–H and O–H groups in total. The van der Waals surface area contributed by atoms with Gasteiger partial charge in [0.25, 0.3) is 0 Å². The molecule has 0 aliphatic rings. The lowest BCUT2D eigenvalue weighted by atomic mass is 9.96. The van der Waals surface area contributed by atoms with Gasteiger partial charge in [-0.2, -0.15) is 0 Å². The van der Waals surface area contributed by atoms with E-state index in [2.05, 4.69) is 5.32 Å². The molecule has 0 radical (unpaired) electrons. The fourth-order valence-corrected chi connectivity index (χ4v) is 2.14. The van der Waals surface area contributed by atoms with E-state index >= 15 is 0 Å². The summed E-state index contributed by atoms with van der Waals surface area (Å²) in [5.41, 5.74) is 6.03. The monoisotopic (exact) mass is 280 g/mol. The number of carbonyl (C=O) groups is 1. The molecule has 104 valence electrons. The Bertz CT molecular complexity index is 446. The zero-order valence-corrected chi connectivity index (χ0v) is 12.3. The summed E-state index contributed by atoms with van der Waals surface area (Å²) in [6, 6.07) is 9.27. The maximum absolute atomic E-state index is 12.3. The second kappa shape index (κ2) is 6.63. The standard InChI is InChI=1S/C14H20N2O2S/c1-14(2,9-18-3)16-13(17)11(12(15)19)10-7-5-4-6-8-10/h4-8,11H,9H2,1-3H3,(H2,15,19)(H,16,17). The fourth-order valence-electron chi connectivity index (χ4n) is 1.89. The van der Waals surface area contributed by atoms with E-state index in [4.69, 9.17) is 22.7 Å². The molecule has 1 rings (SSSR count). The zero-order chi connectivity index (χ0) is 14.5. The van der Waals surface area contributed by atoms with Crippen LogP contribution >= 0.6 is 12.2 Å².